The average molecular weight is 238 g/mol. The van der Waals surface area contributed by atoms with Crippen LogP contribution in [-0.2, 0) is 0 Å². The van der Waals surface area contributed by atoms with E-state index in [9.17, 15) is 10.1 Å². The number of hydrogen-bond donors (Lipinski definition) is 1. The Kier molecular flexibility index (Phi) is 4.45. The lowest BCUT2D eigenvalue weighted by Gasteiger charge is -2.20. The van der Waals surface area contributed by atoms with E-state index in [-0.39, 0.29) is 11.2 Å². The second-order valence-corrected chi connectivity index (χ2v) is 4.78. The number of rotatable bonds is 5. The first kappa shape index (κ1) is 13.4. The van der Waals surface area contributed by atoms with E-state index >= 15 is 0 Å². The second-order valence-electron chi connectivity index (χ2n) is 4.78. The number of nitrogens with zero attached hydrogens (tertiary/aromatic N) is 1. The van der Waals surface area contributed by atoms with Gasteiger partial charge < -0.3 is 10.1 Å². The normalized spacial score (nSPS) is 11.2. The van der Waals surface area contributed by atoms with Gasteiger partial charge in [-0.05, 0) is 26.8 Å². The van der Waals surface area contributed by atoms with Crippen LogP contribution in [-0.4, -0.2) is 23.6 Å². The zero-order valence-corrected chi connectivity index (χ0v) is 10.4. The number of benzene rings is 1. The van der Waals surface area contributed by atoms with Crippen LogP contribution >= 0.6 is 0 Å². The van der Waals surface area contributed by atoms with E-state index < -0.39 is 4.92 Å². The van der Waals surface area contributed by atoms with Crippen molar-refractivity contribution in [3.8, 4) is 5.75 Å². The molecule has 1 aromatic carbocycles. The van der Waals surface area contributed by atoms with E-state index in [2.05, 4.69) is 26.1 Å². The summed E-state index contributed by atoms with van der Waals surface area (Å²) in [6, 6.07) is 6.20. The van der Waals surface area contributed by atoms with Crippen molar-refractivity contribution >= 4 is 5.69 Å². The molecule has 1 aromatic rings. The summed E-state index contributed by atoms with van der Waals surface area (Å²) in [6.07, 6.45) is 0. The lowest BCUT2D eigenvalue weighted by atomic mass is 10.1. The molecule has 5 nitrogen and oxygen atoms in total. The van der Waals surface area contributed by atoms with Gasteiger partial charge in [0.15, 0.2) is 0 Å². The number of nitro benzene ring substituents is 1. The van der Waals surface area contributed by atoms with Gasteiger partial charge in [0.05, 0.1) is 11.0 Å². The fourth-order valence-corrected chi connectivity index (χ4v) is 1.28. The van der Waals surface area contributed by atoms with Crippen molar-refractivity contribution < 1.29 is 9.66 Å². The van der Waals surface area contributed by atoms with Crippen LogP contribution in [0.5, 0.6) is 5.75 Å². The Morgan fingerprint density at radius 2 is 2.12 bits per heavy atom. The highest BCUT2D eigenvalue weighted by molar-refractivity contribution is 5.37. The molecule has 1 rings (SSSR count). The molecule has 0 unspecified atom stereocenters. The van der Waals surface area contributed by atoms with Gasteiger partial charge in [-0.15, -0.1) is 0 Å². The van der Waals surface area contributed by atoms with Gasteiger partial charge in [-0.3, -0.25) is 10.1 Å². The molecule has 0 spiro atoms. The Morgan fingerprint density at radius 1 is 1.41 bits per heavy atom. The van der Waals surface area contributed by atoms with Crippen LogP contribution < -0.4 is 10.1 Å². The maximum absolute atomic E-state index is 10.6. The first-order valence-corrected chi connectivity index (χ1v) is 5.51. The third-order valence-corrected chi connectivity index (χ3v) is 2.05. The van der Waals surface area contributed by atoms with Crippen molar-refractivity contribution in [3.63, 3.8) is 0 Å². The third kappa shape index (κ3) is 5.31. The molecule has 0 aliphatic heterocycles. The first-order valence-electron chi connectivity index (χ1n) is 5.51. The van der Waals surface area contributed by atoms with Gasteiger partial charge in [-0.2, -0.15) is 0 Å². The van der Waals surface area contributed by atoms with Gasteiger partial charge in [-0.1, -0.05) is 6.07 Å². The van der Waals surface area contributed by atoms with Crippen molar-refractivity contribution in [1.29, 1.82) is 0 Å². The van der Waals surface area contributed by atoms with E-state index in [1.165, 1.54) is 12.1 Å². The van der Waals surface area contributed by atoms with Gasteiger partial charge >= 0.3 is 0 Å². The van der Waals surface area contributed by atoms with Crippen LogP contribution in [0.2, 0.25) is 0 Å². The quantitative estimate of drug-likeness (QED) is 0.486. The molecular formula is C12H18N2O3. The van der Waals surface area contributed by atoms with Crippen molar-refractivity contribution in [2.45, 2.75) is 26.3 Å². The molecule has 0 heterocycles. The third-order valence-electron chi connectivity index (χ3n) is 2.05. The Bertz CT molecular complexity index is 386. The number of non-ortho nitro benzene ring substituents is 1. The standard InChI is InChI=1S/C12H18N2O3/c1-12(2,3)13-7-8-17-11-6-4-5-10(9-11)14(15)16/h4-6,9,13H,7-8H2,1-3H3. The summed E-state index contributed by atoms with van der Waals surface area (Å²) in [6.45, 7) is 7.39. The van der Waals surface area contributed by atoms with Gasteiger partial charge in [-0.25, -0.2) is 0 Å². The molecule has 0 amide bonds. The highest BCUT2D eigenvalue weighted by atomic mass is 16.6. The van der Waals surface area contributed by atoms with Crippen molar-refractivity contribution in [3.05, 3.63) is 34.4 Å². The molecule has 0 fully saturated rings. The topological polar surface area (TPSA) is 64.4 Å². The number of ether oxygens (including phenoxy) is 1. The molecule has 94 valence electrons. The van der Waals surface area contributed by atoms with Crippen LogP contribution in [0.3, 0.4) is 0 Å². The van der Waals surface area contributed by atoms with Gasteiger partial charge in [0.1, 0.15) is 12.4 Å². The zero-order chi connectivity index (χ0) is 12.9. The molecule has 0 atom stereocenters. The number of nitrogens with one attached hydrogen (secondary N) is 1. The van der Waals surface area contributed by atoms with Crippen LogP contribution in [0.25, 0.3) is 0 Å². The van der Waals surface area contributed by atoms with Crippen LogP contribution in [0.15, 0.2) is 24.3 Å². The second kappa shape index (κ2) is 5.63. The van der Waals surface area contributed by atoms with Crippen LogP contribution in [0, 0.1) is 10.1 Å². The van der Waals surface area contributed by atoms with Crippen molar-refractivity contribution in [1.82, 2.24) is 5.32 Å². The average Bonchev–Trinajstić information content (AvgIpc) is 2.23. The number of nitro groups is 1. The minimum absolute atomic E-state index is 0.0475. The van der Waals surface area contributed by atoms with Crippen LogP contribution in [0.1, 0.15) is 20.8 Å². The first-order chi connectivity index (χ1) is 7.88. The van der Waals surface area contributed by atoms with Gasteiger partial charge in [0.2, 0.25) is 0 Å². The molecule has 0 bridgehead atoms. The molecule has 0 aliphatic carbocycles. The van der Waals surface area contributed by atoms with Gasteiger partial charge in [0, 0.05) is 18.2 Å². The predicted octanol–water partition coefficient (Wildman–Crippen LogP) is 2.36. The Morgan fingerprint density at radius 3 is 2.71 bits per heavy atom. The fraction of sp³-hybridized carbons (Fsp3) is 0.500. The maximum Gasteiger partial charge on any atom is 0.273 e. The Hall–Kier alpha value is -1.62. The molecule has 0 aromatic heterocycles. The predicted molar refractivity (Wildman–Crippen MR) is 66.3 cm³/mol. The summed E-state index contributed by atoms with van der Waals surface area (Å²) >= 11 is 0. The zero-order valence-electron chi connectivity index (χ0n) is 10.4. The van der Waals surface area contributed by atoms with E-state index in [1.807, 2.05) is 0 Å². The van der Waals surface area contributed by atoms with E-state index in [4.69, 9.17) is 4.74 Å². The smallest absolute Gasteiger partial charge is 0.273 e. The van der Waals surface area contributed by atoms with Crippen LogP contribution in [0.4, 0.5) is 5.69 Å². The highest BCUT2D eigenvalue weighted by Crippen LogP contribution is 2.18. The molecule has 5 heteroatoms. The molecule has 1 N–H and O–H groups in total. The Balaban J connectivity index is 2.42. The van der Waals surface area contributed by atoms with E-state index in [0.717, 1.165) is 0 Å². The van der Waals surface area contributed by atoms with E-state index in [1.54, 1.807) is 12.1 Å². The van der Waals surface area contributed by atoms with Crippen molar-refractivity contribution in [2.75, 3.05) is 13.2 Å². The molecular weight excluding hydrogens is 220 g/mol. The Labute approximate surface area is 101 Å². The molecule has 0 radical (unpaired) electrons. The molecule has 17 heavy (non-hydrogen) atoms. The van der Waals surface area contributed by atoms with Gasteiger partial charge in [0.25, 0.3) is 5.69 Å². The monoisotopic (exact) mass is 238 g/mol. The lowest BCUT2D eigenvalue weighted by Crippen LogP contribution is -2.38. The minimum atomic E-state index is -0.430. The summed E-state index contributed by atoms with van der Waals surface area (Å²) in [5.41, 5.74) is 0.0951. The lowest BCUT2D eigenvalue weighted by molar-refractivity contribution is -0.384. The summed E-state index contributed by atoms with van der Waals surface area (Å²) in [5, 5.41) is 13.8. The summed E-state index contributed by atoms with van der Waals surface area (Å²) < 4.78 is 5.43. The summed E-state index contributed by atoms with van der Waals surface area (Å²) in [4.78, 5) is 10.1. The fourth-order valence-electron chi connectivity index (χ4n) is 1.28. The molecule has 0 aliphatic rings. The van der Waals surface area contributed by atoms with Crippen molar-refractivity contribution in [2.24, 2.45) is 0 Å². The SMILES string of the molecule is CC(C)(C)NCCOc1cccc([N+](=O)[O-])c1. The maximum atomic E-state index is 10.6. The number of hydrogen-bond acceptors (Lipinski definition) is 4. The van der Waals surface area contributed by atoms with E-state index in [0.29, 0.717) is 18.9 Å². The molecule has 0 saturated heterocycles. The largest absolute Gasteiger partial charge is 0.492 e. The summed E-state index contributed by atoms with van der Waals surface area (Å²) in [5.74, 6) is 0.523. The minimum Gasteiger partial charge on any atom is -0.492 e. The summed E-state index contributed by atoms with van der Waals surface area (Å²) in [7, 11) is 0. The highest BCUT2D eigenvalue weighted by Gasteiger charge is 2.08. The molecule has 0 saturated carbocycles.